The fourth-order valence-electron chi connectivity index (χ4n) is 1.85. The Morgan fingerprint density at radius 3 is 2.94 bits per heavy atom. The van der Waals surface area contributed by atoms with Gasteiger partial charge in [0.25, 0.3) is 5.56 Å². The Morgan fingerprint density at radius 2 is 2.38 bits per heavy atom. The molecule has 16 heavy (non-hydrogen) atoms. The third-order valence-corrected chi connectivity index (χ3v) is 2.79. The van der Waals surface area contributed by atoms with E-state index in [0.29, 0.717) is 5.82 Å². The Morgan fingerprint density at radius 1 is 1.56 bits per heavy atom. The van der Waals surface area contributed by atoms with Crippen LogP contribution >= 0.6 is 0 Å². The van der Waals surface area contributed by atoms with Crippen LogP contribution in [0.2, 0.25) is 0 Å². The maximum Gasteiger partial charge on any atom is 0.264 e. The third-order valence-electron chi connectivity index (χ3n) is 2.79. The van der Waals surface area contributed by atoms with Crippen molar-refractivity contribution in [2.45, 2.75) is 19.4 Å². The minimum Gasteiger partial charge on any atom is -0.313 e. The van der Waals surface area contributed by atoms with Crippen LogP contribution in [-0.4, -0.2) is 28.7 Å². The molecule has 2 heterocycles. The monoisotopic (exact) mass is 222 g/mol. The van der Waals surface area contributed by atoms with Gasteiger partial charge in [-0.1, -0.05) is 0 Å². The van der Waals surface area contributed by atoms with E-state index in [1.807, 2.05) is 6.92 Å². The molecule has 0 aromatic carbocycles. The van der Waals surface area contributed by atoms with Crippen molar-refractivity contribution in [2.75, 3.05) is 11.9 Å². The standard InChI is InChI=1S/C10H14N4O2/c1-6-7(4-5-11-6)10(16)12-8-2-3-9(15)14-13-8/h2-3,6-7,11H,4-5H2,1H3,(H,14,15)(H,12,13,16). The van der Waals surface area contributed by atoms with Gasteiger partial charge in [0, 0.05) is 12.1 Å². The number of anilines is 1. The molecule has 0 saturated carbocycles. The molecule has 1 aromatic rings. The summed E-state index contributed by atoms with van der Waals surface area (Å²) in [7, 11) is 0. The summed E-state index contributed by atoms with van der Waals surface area (Å²) in [6, 6.07) is 3.01. The highest BCUT2D eigenvalue weighted by atomic mass is 16.2. The first-order valence-corrected chi connectivity index (χ1v) is 5.27. The van der Waals surface area contributed by atoms with Crippen molar-refractivity contribution in [3.8, 4) is 0 Å². The molecule has 1 aliphatic heterocycles. The zero-order valence-corrected chi connectivity index (χ0v) is 8.99. The SMILES string of the molecule is CC1NCCC1C(=O)Nc1ccc(=O)[nH]n1. The molecule has 2 atom stereocenters. The lowest BCUT2D eigenvalue weighted by atomic mass is 10.0. The molecular weight excluding hydrogens is 208 g/mol. The minimum atomic E-state index is -0.283. The largest absolute Gasteiger partial charge is 0.313 e. The maximum absolute atomic E-state index is 11.8. The van der Waals surface area contributed by atoms with Gasteiger partial charge in [-0.3, -0.25) is 9.59 Å². The van der Waals surface area contributed by atoms with Gasteiger partial charge < -0.3 is 10.6 Å². The normalized spacial score (nSPS) is 24.3. The average Bonchev–Trinajstić information content (AvgIpc) is 2.68. The van der Waals surface area contributed by atoms with Crippen molar-refractivity contribution in [2.24, 2.45) is 5.92 Å². The van der Waals surface area contributed by atoms with Crippen LogP contribution in [0.25, 0.3) is 0 Å². The van der Waals surface area contributed by atoms with Crippen molar-refractivity contribution in [3.05, 3.63) is 22.5 Å². The first-order chi connectivity index (χ1) is 7.66. The van der Waals surface area contributed by atoms with Crippen molar-refractivity contribution in [1.29, 1.82) is 0 Å². The summed E-state index contributed by atoms with van der Waals surface area (Å²) in [5, 5.41) is 11.9. The van der Waals surface area contributed by atoms with Gasteiger partial charge in [0.15, 0.2) is 5.82 Å². The Bertz CT molecular complexity index is 422. The molecule has 2 unspecified atom stereocenters. The quantitative estimate of drug-likeness (QED) is 0.641. The van der Waals surface area contributed by atoms with Crippen LogP contribution in [0.3, 0.4) is 0 Å². The second-order valence-electron chi connectivity index (χ2n) is 3.93. The lowest BCUT2D eigenvalue weighted by Gasteiger charge is -2.13. The molecular formula is C10H14N4O2. The zero-order valence-electron chi connectivity index (χ0n) is 8.99. The number of carbonyl (C=O) groups excluding carboxylic acids is 1. The predicted molar refractivity (Wildman–Crippen MR) is 59.1 cm³/mol. The topological polar surface area (TPSA) is 86.9 Å². The van der Waals surface area contributed by atoms with E-state index in [1.54, 1.807) is 0 Å². The van der Waals surface area contributed by atoms with E-state index in [9.17, 15) is 9.59 Å². The second-order valence-corrected chi connectivity index (χ2v) is 3.93. The summed E-state index contributed by atoms with van der Waals surface area (Å²) in [5.41, 5.74) is -0.283. The smallest absolute Gasteiger partial charge is 0.264 e. The fraction of sp³-hybridized carbons (Fsp3) is 0.500. The minimum absolute atomic E-state index is 0.0336. The molecule has 6 nitrogen and oxygen atoms in total. The van der Waals surface area contributed by atoms with Gasteiger partial charge in [0.05, 0.1) is 5.92 Å². The van der Waals surface area contributed by atoms with Gasteiger partial charge >= 0.3 is 0 Å². The van der Waals surface area contributed by atoms with Crippen LogP contribution in [0.5, 0.6) is 0 Å². The lowest BCUT2D eigenvalue weighted by molar-refractivity contribution is -0.120. The van der Waals surface area contributed by atoms with E-state index in [1.165, 1.54) is 12.1 Å². The third kappa shape index (κ3) is 2.27. The van der Waals surface area contributed by atoms with E-state index < -0.39 is 0 Å². The number of H-pyrrole nitrogens is 1. The highest BCUT2D eigenvalue weighted by Gasteiger charge is 2.29. The number of hydrogen-bond acceptors (Lipinski definition) is 4. The molecule has 3 N–H and O–H groups in total. The summed E-state index contributed by atoms with van der Waals surface area (Å²) in [6.07, 6.45) is 0.830. The number of rotatable bonds is 2. The van der Waals surface area contributed by atoms with Crippen molar-refractivity contribution >= 4 is 11.7 Å². The number of nitrogens with zero attached hydrogens (tertiary/aromatic N) is 1. The number of aromatic amines is 1. The molecule has 1 aliphatic rings. The molecule has 1 fully saturated rings. The number of carbonyl (C=O) groups is 1. The van der Waals surface area contributed by atoms with Gasteiger partial charge in [-0.15, -0.1) is 0 Å². The predicted octanol–water partition coefficient (Wildman–Crippen LogP) is -0.294. The second kappa shape index (κ2) is 4.44. The van der Waals surface area contributed by atoms with Crippen molar-refractivity contribution < 1.29 is 4.79 Å². The highest BCUT2D eigenvalue weighted by Crippen LogP contribution is 2.16. The van der Waals surface area contributed by atoms with E-state index in [4.69, 9.17) is 0 Å². The molecule has 2 rings (SSSR count). The summed E-state index contributed by atoms with van der Waals surface area (Å²) < 4.78 is 0. The van der Waals surface area contributed by atoms with E-state index in [2.05, 4.69) is 20.8 Å². The van der Waals surface area contributed by atoms with Crippen molar-refractivity contribution in [1.82, 2.24) is 15.5 Å². The number of nitrogens with one attached hydrogen (secondary N) is 3. The number of amides is 1. The van der Waals surface area contributed by atoms with Gasteiger partial charge in [-0.05, 0) is 26.0 Å². The Hall–Kier alpha value is -1.69. The van der Waals surface area contributed by atoms with Gasteiger partial charge in [0.1, 0.15) is 0 Å². The first-order valence-electron chi connectivity index (χ1n) is 5.27. The van der Waals surface area contributed by atoms with E-state index in [0.717, 1.165) is 13.0 Å². The summed E-state index contributed by atoms with van der Waals surface area (Å²) >= 11 is 0. The van der Waals surface area contributed by atoms with Crippen molar-refractivity contribution in [3.63, 3.8) is 0 Å². The van der Waals surface area contributed by atoms with Gasteiger partial charge in [-0.25, -0.2) is 5.10 Å². The molecule has 1 amide bonds. The highest BCUT2D eigenvalue weighted by molar-refractivity contribution is 5.92. The molecule has 86 valence electrons. The summed E-state index contributed by atoms with van der Waals surface area (Å²) in [4.78, 5) is 22.6. The van der Waals surface area contributed by atoms with Crippen LogP contribution in [0, 0.1) is 5.92 Å². The number of aromatic nitrogens is 2. The molecule has 0 bridgehead atoms. The number of hydrogen-bond donors (Lipinski definition) is 3. The average molecular weight is 222 g/mol. The molecule has 0 spiro atoms. The molecule has 0 aliphatic carbocycles. The van der Waals surface area contributed by atoms with Crippen LogP contribution in [0.15, 0.2) is 16.9 Å². The molecule has 6 heteroatoms. The van der Waals surface area contributed by atoms with Crippen LogP contribution in [0.1, 0.15) is 13.3 Å². The lowest BCUT2D eigenvalue weighted by Crippen LogP contribution is -2.32. The molecule has 1 saturated heterocycles. The first kappa shape index (κ1) is 10.8. The molecule has 0 radical (unpaired) electrons. The van der Waals surface area contributed by atoms with Crippen LogP contribution in [0.4, 0.5) is 5.82 Å². The Balaban J connectivity index is 2.01. The van der Waals surface area contributed by atoms with E-state index in [-0.39, 0.29) is 23.4 Å². The van der Waals surface area contributed by atoms with Gasteiger partial charge in [0.2, 0.25) is 5.91 Å². The fourth-order valence-corrected chi connectivity index (χ4v) is 1.85. The Labute approximate surface area is 92.4 Å². The van der Waals surface area contributed by atoms with Gasteiger partial charge in [-0.2, -0.15) is 5.10 Å². The summed E-state index contributed by atoms with van der Waals surface area (Å²) in [6.45, 7) is 2.84. The Kier molecular flexibility index (Phi) is 3.00. The van der Waals surface area contributed by atoms with Crippen LogP contribution < -0.4 is 16.2 Å². The summed E-state index contributed by atoms with van der Waals surface area (Å²) in [5.74, 6) is 0.287. The molecule has 1 aromatic heterocycles. The maximum atomic E-state index is 11.8. The zero-order chi connectivity index (χ0) is 11.5. The van der Waals surface area contributed by atoms with Crippen LogP contribution in [-0.2, 0) is 4.79 Å². The van der Waals surface area contributed by atoms with E-state index >= 15 is 0 Å².